The SMILES string of the molecule is Cc1ccccc1C(=O)N1CCOC(CN(CC(C)C)C(=O)c2ccc(C(F)(F)F)cc2)C1. The summed E-state index contributed by atoms with van der Waals surface area (Å²) in [6.07, 6.45) is -4.84. The molecule has 0 radical (unpaired) electrons. The molecule has 2 amide bonds. The fraction of sp³-hybridized carbons (Fsp3) is 0.440. The lowest BCUT2D eigenvalue weighted by molar-refractivity contribution is -0.137. The van der Waals surface area contributed by atoms with Crippen molar-refractivity contribution < 1.29 is 27.5 Å². The van der Waals surface area contributed by atoms with Gasteiger partial charge in [0.25, 0.3) is 11.8 Å². The average Bonchev–Trinajstić information content (AvgIpc) is 2.77. The van der Waals surface area contributed by atoms with Crippen LogP contribution in [0.15, 0.2) is 48.5 Å². The van der Waals surface area contributed by atoms with Crippen molar-refractivity contribution in [2.45, 2.75) is 33.1 Å². The molecule has 0 N–H and O–H groups in total. The normalized spacial score (nSPS) is 16.7. The van der Waals surface area contributed by atoms with Crippen LogP contribution >= 0.6 is 0 Å². The molecule has 0 saturated carbocycles. The third kappa shape index (κ3) is 6.35. The van der Waals surface area contributed by atoms with Crippen LogP contribution in [0.1, 0.15) is 45.7 Å². The molecule has 1 heterocycles. The molecule has 0 aromatic heterocycles. The lowest BCUT2D eigenvalue weighted by Crippen LogP contribution is -2.51. The van der Waals surface area contributed by atoms with Gasteiger partial charge in [0.1, 0.15) is 0 Å². The van der Waals surface area contributed by atoms with Gasteiger partial charge < -0.3 is 14.5 Å². The predicted octanol–water partition coefficient (Wildman–Crippen LogP) is 4.65. The number of benzene rings is 2. The molecule has 178 valence electrons. The Hall–Kier alpha value is -2.87. The first-order valence-corrected chi connectivity index (χ1v) is 11.0. The minimum atomic E-state index is -4.46. The van der Waals surface area contributed by atoms with Gasteiger partial charge in [-0.2, -0.15) is 13.2 Å². The van der Waals surface area contributed by atoms with E-state index in [4.69, 9.17) is 4.74 Å². The topological polar surface area (TPSA) is 49.9 Å². The van der Waals surface area contributed by atoms with Gasteiger partial charge in [0.05, 0.1) is 18.3 Å². The van der Waals surface area contributed by atoms with Crippen LogP contribution in [0.25, 0.3) is 0 Å². The molecular weight excluding hydrogens is 433 g/mol. The van der Waals surface area contributed by atoms with E-state index in [2.05, 4.69) is 0 Å². The van der Waals surface area contributed by atoms with Gasteiger partial charge in [0.15, 0.2) is 0 Å². The van der Waals surface area contributed by atoms with Gasteiger partial charge in [0.2, 0.25) is 0 Å². The van der Waals surface area contributed by atoms with Crippen LogP contribution in [0.4, 0.5) is 13.2 Å². The van der Waals surface area contributed by atoms with Crippen molar-refractivity contribution in [3.8, 4) is 0 Å². The Morgan fingerprint density at radius 1 is 1.12 bits per heavy atom. The van der Waals surface area contributed by atoms with E-state index in [1.54, 1.807) is 15.9 Å². The van der Waals surface area contributed by atoms with Crippen LogP contribution in [-0.4, -0.2) is 60.5 Å². The summed E-state index contributed by atoms with van der Waals surface area (Å²) in [7, 11) is 0. The molecule has 1 saturated heterocycles. The van der Waals surface area contributed by atoms with Gasteiger partial charge in [-0.15, -0.1) is 0 Å². The van der Waals surface area contributed by atoms with Crippen LogP contribution in [-0.2, 0) is 10.9 Å². The zero-order valence-electron chi connectivity index (χ0n) is 19.1. The van der Waals surface area contributed by atoms with Crippen molar-refractivity contribution >= 4 is 11.8 Å². The van der Waals surface area contributed by atoms with Gasteiger partial charge in [0, 0.05) is 37.3 Å². The molecule has 33 heavy (non-hydrogen) atoms. The summed E-state index contributed by atoms with van der Waals surface area (Å²) in [4.78, 5) is 29.4. The molecule has 1 atom stereocenters. The Morgan fingerprint density at radius 2 is 1.79 bits per heavy atom. The van der Waals surface area contributed by atoms with Crippen molar-refractivity contribution in [3.05, 3.63) is 70.8 Å². The van der Waals surface area contributed by atoms with Gasteiger partial charge in [-0.3, -0.25) is 9.59 Å². The van der Waals surface area contributed by atoms with Gasteiger partial charge in [-0.05, 0) is 48.7 Å². The zero-order valence-corrected chi connectivity index (χ0v) is 19.1. The third-order valence-corrected chi connectivity index (χ3v) is 5.56. The number of ether oxygens (including phenoxy) is 1. The number of carbonyl (C=O) groups excluding carboxylic acids is 2. The van der Waals surface area contributed by atoms with E-state index in [1.165, 1.54) is 12.1 Å². The molecule has 1 aliphatic rings. The standard InChI is InChI=1S/C25H29F3N2O3/c1-17(2)14-30(23(31)19-8-10-20(11-9-19)25(26,27)28)16-21-15-29(12-13-33-21)24(32)22-7-5-4-6-18(22)3/h4-11,17,21H,12-16H2,1-3H3. The molecule has 5 nitrogen and oxygen atoms in total. The Balaban J connectivity index is 1.72. The zero-order chi connectivity index (χ0) is 24.2. The average molecular weight is 463 g/mol. The molecule has 8 heteroatoms. The fourth-order valence-electron chi connectivity index (χ4n) is 3.91. The lowest BCUT2D eigenvalue weighted by Gasteiger charge is -2.36. The first-order chi connectivity index (χ1) is 15.6. The van der Waals surface area contributed by atoms with Crippen LogP contribution in [0.2, 0.25) is 0 Å². The summed E-state index contributed by atoms with van der Waals surface area (Å²) in [6.45, 7) is 7.62. The molecule has 0 bridgehead atoms. The highest BCUT2D eigenvalue weighted by Gasteiger charge is 2.32. The molecule has 3 rings (SSSR count). The first-order valence-electron chi connectivity index (χ1n) is 11.0. The number of aryl methyl sites for hydroxylation is 1. The second kappa shape index (κ2) is 10.4. The van der Waals surface area contributed by atoms with E-state index in [9.17, 15) is 22.8 Å². The molecule has 2 aromatic rings. The van der Waals surface area contributed by atoms with E-state index < -0.39 is 11.7 Å². The second-order valence-corrected chi connectivity index (χ2v) is 8.74. The van der Waals surface area contributed by atoms with Crippen LogP contribution < -0.4 is 0 Å². The van der Waals surface area contributed by atoms with Crippen LogP contribution in [0.5, 0.6) is 0 Å². The van der Waals surface area contributed by atoms with Crippen molar-refractivity contribution in [3.63, 3.8) is 0 Å². The smallest absolute Gasteiger partial charge is 0.373 e. The third-order valence-electron chi connectivity index (χ3n) is 5.56. The number of nitrogens with zero attached hydrogens (tertiary/aromatic N) is 2. The van der Waals surface area contributed by atoms with E-state index >= 15 is 0 Å². The molecule has 1 fully saturated rings. The highest BCUT2D eigenvalue weighted by Crippen LogP contribution is 2.29. The van der Waals surface area contributed by atoms with Gasteiger partial charge >= 0.3 is 6.18 Å². The minimum Gasteiger partial charge on any atom is -0.373 e. The predicted molar refractivity (Wildman–Crippen MR) is 119 cm³/mol. The Kier molecular flexibility index (Phi) is 7.79. The fourth-order valence-corrected chi connectivity index (χ4v) is 3.91. The number of halogens is 3. The molecule has 1 unspecified atom stereocenters. The monoisotopic (exact) mass is 462 g/mol. The summed E-state index contributed by atoms with van der Waals surface area (Å²) < 4.78 is 44.4. The van der Waals surface area contributed by atoms with E-state index in [0.717, 1.165) is 17.7 Å². The largest absolute Gasteiger partial charge is 0.416 e. The van der Waals surface area contributed by atoms with Crippen molar-refractivity contribution in [2.75, 3.05) is 32.8 Å². The maximum atomic E-state index is 13.1. The number of hydrogen-bond acceptors (Lipinski definition) is 3. The maximum absolute atomic E-state index is 13.1. The van der Waals surface area contributed by atoms with E-state index in [1.807, 2.05) is 39.0 Å². The Labute approximate surface area is 192 Å². The Bertz CT molecular complexity index is 974. The second-order valence-electron chi connectivity index (χ2n) is 8.74. The lowest BCUT2D eigenvalue weighted by atomic mass is 10.1. The quantitative estimate of drug-likeness (QED) is 0.628. The highest BCUT2D eigenvalue weighted by molar-refractivity contribution is 5.96. The first kappa shape index (κ1) is 24.8. The summed E-state index contributed by atoms with van der Waals surface area (Å²) >= 11 is 0. The number of carbonyl (C=O) groups is 2. The minimum absolute atomic E-state index is 0.0779. The summed E-state index contributed by atoms with van der Waals surface area (Å²) in [5, 5.41) is 0. The number of amides is 2. The summed E-state index contributed by atoms with van der Waals surface area (Å²) in [5.41, 5.74) is 0.921. The van der Waals surface area contributed by atoms with Crippen LogP contribution in [0, 0.1) is 12.8 Å². The van der Waals surface area contributed by atoms with Crippen molar-refractivity contribution in [1.82, 2.24) is 9.80 Å². The van der Waals surface area contributed by atoms with Crippen LogP contribution in [0.3, 0.4) is 0 Å². The van der Waals surface area contributed by atoms with Gasteiger partial charge in [-0.1, -0.05) is 32.0 Å². The number of rotatable bonds is 6. The molecule has 0 spiro atoms. The molecule has 1 aliphatic heterocycles. The molecular formula is C25H29F3N2O3. The van der Waals surface area contributed by atoms with Crippen molar-refractivity contribution in [1.29, 1.82) is 0 Å². The summed E-state index contributed by atoms with van der Waals surface area (Å²) in [6, 6.07) is 11.6. The van der Waals surface area contributed by atoms with Crippen molar-refractivity contribution in [2.24, 2.45) is 5.92 Å². The highest BCUT2D eigenvalue weighted by atomic mass is 19.4. The molecule has 2 aromatic carbocycles. The number of hydrogen-bond donors (Lipinski definition) is 0. The maximum Gasteiger partial charge on any atom is 0.416 e. The van der Waals surface area contributed by atoms with E-state index in [-0.39, 0.29) is 35.9 Å². The molecule has 0 aliphatic carbocycles. The van der Waals surface area contributed by atoms with E-state index in [0.29, 0.717) is 31.8 Å². The number of alkyl halides is 3. The summed E-state index contributed by atoms with van der Waals surface area (Å²) in [5.74, 6) is -0.286. The van der Waals surface area contributed by atoms with Gasteiger partial charge in [-0.25, -0.2) is 0 Å². The number of morpholine rings is 1. The Morgan fingerprint density at radius 3 is 2.39 bits per heavy atom.